The Hall–Kier alpha value is -1.31. The van der Waals surface area contributed by atoms with Gasteiger partial charge < -0.3 is 15.0 Å². The first-order chi connectivity index (χ1) is 11.5. The Kier molecular flexibility index (Phi) is 6.71. The van der Waals surface area contributed by atoms with Crippen molar-refractivity contribution in [1.82, 2.24) is 10.2 Å². The Balaban J connectivity index is 0.00000225. The third-order valence-electron chi connectivity index (χ3n) is 4.68. The van der Waals surface area contributed by atoms with Gasteiger partial charge in [0, 0.05) is 18.7 Å². The molecule has 1 aromatic carbocycles. The molecule has 0 bridgehead atoms. The number of hydrogen-bond donors (Lipinski definition) is 1. The van der Waals surface area contributed by atoms with Crippen LogP contribution in [0.15, 0.2) is 18.2 Å². The van der Waals surface area contributed by atoms with Gasteiger partial charge in [-0.1, -0.05) is 0 Å². The molecular formula is C17H22ClF3N2O2. The third-order valence-corrected chi connectivity index (χ3v) is 4.68. The molecule has 0 atom stereocenters. The third kappa shape index (κ3) is 4.65. The first-order valence-electron chi connectivity index (χ1n) is 8.25. The van der Waals surface area contributed by atoms with E-state index in [1.807, 2.05) is 0 Å². The van der Waals surface area contributed by atoms with E-state index in [-0.39, 0.29) is 29.8 Å². The lowest BCUT2D eigenvalue weighted by Gasteiger charge is -2.29. The van der Waals surface area contributed by atoms with Gasteiger partial charge in [-0.2, -0.15) is 13.2 Å². The predicted molar refractivity (Wildman–Crippen MR) is 90.3 cm³/mol. The zero-order valence-corrected chi connectivity index (χ0v) is 14.6. The molecule has 0 saturated carbocycles. The predicted octanol–water partition coefficient (Wildman–Crippen LogP) is 3.07. The average molecular weight is 379 g/mol. The fraction of sp³-hybridized carbons (Fsp3) is 0.588. The molecule has 2 heterocycles. The highest BCUT2D eigenvalue weighted by molar-refractivity contribution is 5.94. The second-order valence-electron chi connectivity index (χ2n) is 6.23. The summed E-state index contributed by atoms with van der Waals surface area (Å²) < 4.78 is 45.3. The maximum absolute atomic E-state index is 13.4. The minimum atomic E-state index is -4.40. The summed E-state index contributed by atoms with van der Waals surface area (Å²) in [5.41, 5.74) is -0.0329. The molecule has 0 spiro atoms. The number of morpholine rings is 1. The van der Waals surface area contributed by atoms with Crippen molar-refractivity contribution < 1.29 is 22.7 Å². The molecule has 2 aliphatic heterocycles. The van der Waals surface area contributed by atoms with Crippen LogP contribution in [0.1, 0.15) is 40.2 Å². The molecule has 2 fully saturated rings. The van der Waals surface area contributed by atoms with E-state index in [0.29, 0.717) is 57.8 Å². The number of nitrogens with zero attached hydrogens (tertiary/aromatic N) is 1. The van der Waals surface area contributed by atoms with Gasteiger partial charge in [0.2, 0.25) is 0 Å². The van der Waals surface area contributed by atoms with Gasteiger partial charge in [-0.25, -0.2) is 0 Å². The SMILES string of the molecule is Cl.O=C(c1ccc(C(F)(F)F)c(C2CCNCC2)c1)N1CCOCC1. The van der Waals surface area contributed by atoms with E-state index in [1.165, 1.54) is 12.1 Å². The number of carbonyl (C=O) groups is 1. The Morgan fingerprint density at radius 3 is 2.40 bits per heavy atom. The largest absolute Gasteiger partial charge is 0.416 e. The highest BCUT2D eigenvalue weighted by Crippen LogP contribution is 2.38. The summed E-state index contributed by atoms with van der Waals surface area (Å²) in [5.74, 6) is -0.387. The van der Waals surface area contributed by atoms with Crippen molar-refractivity contribution in [3.8, 4) is 0 Å². The van der Waals surface area contributed by atoms with Crippen LogP contribution in [0.5, 0.6) is 0 Å². The van der Waals surface area contributed by atoms with Crippen molar-refractivity contribution in [2.75, 3.05) is 39.4 Å². The number of hydrogen-bond acceptors (Lipinski definition) is 3. The molecule has 25 heavy (non-hydrogen) atoms. The fourth-order valence-electron chi connectivity index (χ4n) is 3.37. The molecule has 1 aromatic rings. The molecule has 3 rings (SSSR count). The normalized spacial score (nSPS) is 19.4. The molecule has 0 aromatic heterocycles. The molecule has 2 aliphatic rings. The lowest BCUT2D eigenvalue weighted by atomic mass is 9.85. The van der Waals surface area contributed by atoms with Crippen molar-refractivity contribution in [3.63, 3.8) is 0 Å². The number of piperidine rings is 1. The highest BCUT2D eigenvalue weighted by atomic mass is 35.5. The number of alkyl halides is 3. The summed E-state index contributed by atoms with van der Waals surface area (Å²) in [4.78, 5) is 14.2. The topological polar surface area (TPSA) is 41.6 Å². The van der Waals surface area contributed by atoms with Crippen LogP contribution < -0.4 is 5.32 Å². The number of benzene rings is 1. The number of nitrogens with one attached hydrogen (secondary N) is 1. The zero-order chi connectivity index (χ0) is 17.2. The minimum Gasteiger partial charge on any atom is -0.378 e. The highest BCUT2D eigenvalue weighted by Gasteiger charge is 2.36. The van der Waals surface area contributed by atoms with Crippen molar-refractivity contribution in [1.29, 1.82) is 0 Å². The minimum absolute atomic E-state index is 0. The summed E-state index contributed by atoms with van der Waals surface area (Å²) in [6.07, 6.45) is -3.10. The molecule has 140 valence electrons. The van der Waals surface area contributed by atoms with Crippen molar-refractivity contribution in [3.05, 3.63) is 34.9 Å². The van der Waals surface area contributed by atoms with E-state index in [2.05, 4.69) is 5.32 Å². The Bertz CT molecular complexity index is 598. The molecule has 0 radical (unpaired) electrons. The van der Waals surface area contributed by atoms with Gasteiger partial charge >= 0.3 is 6.18 Å². The van der Waals surface area contributed by atoms with Crippen LogP contribution >= 0.6 is 12.4 Å². The van der Waals surface area contributed by atoms with Gasteiger partial charge in [-0.3, -0.25) is 4.79 Å². The van der Waals surface area contributed by atoms with Crippen LogP contribution in [0.4, 0.5) is 13.2 Å². The standard InChI is InChI=1S/C17H21F3N2O2.ClH/c18-17(19,20)15-2-1-13(16(23)22-7-9-24-10-8-22)11-14(15)12-3-5-21-6-4-12;/h1-2,11-12,21H,3-10H2;1H. The number of rotatable bonds is 2. The van der Waals surface area contributed by atoms with Gasteiger partial charge in [0.15, 0.2) is 0 Å². The molecule has 1 N–H and O–H groups in total. The van der Waals surface area contributed by atoms with Crippen molar-refractivity contribution >= 4 is 18.3 Å². The second-order valence-corrected chi connectivity index (χ2v) is 6.23. The summed E-state index contributed by atoms with van der Waals surface area (Å²) >= 11 is 0. The molecule has 0 aliphatic carbocycles. The van der Waals surface area contributed by atoms with Gasteiger partial charge in [0.1, 0.15) is 0 Å². The van der Waals surface area contributed by atoms with Crippen molar-refractivity contribution in [2.24, 2.45) is 0 Å². The summed E-state index contributed by atoms with van der Waals surface area (Å²) in [6, 6.07) is 3.81. The number of halogens is 4. The van der Waals surface area contributed by atoms with Crippen LogP contribution in [0.3, 0.4) is 0 Å². The van der Waals surface area contributed by atoms with E-state index in [1.54, 1.807) is 4.90 Å². The monoisotopic (exact) mass is 378 g/mol. The Morgan fingerprint density at radius 2 is 1.80 bits per heavy atom. The van der Waals surface area contributed by atoms with Gasteiger partial charge in [-0.05, 0) is 55.6 Å². The van der Waals surface area contributed by atoms with E-state index >= 15 is 0 Å². The second kappa shape index (κ2) is 8.38. The molecular weight excluding hydrogens is 357 g/mol. The first-order valence-corrected chi connectivity index (χ1v) is 8.25. The van der Waals surface area contributed by atoms with Crippen LogP contribution in [0.25, 0.3) is 0 Å². The molecule has 1 amide bonds. The van der Waals surface area contributed by atoms with Crippen LogP contribution in [-0.2, 0) is 10.9 Å². The Morgan fingerprint density at radius 1 is 1.16 bits per heavy atom. The van der Waals surface area contributed by atoms with E-state index in [0.717, 1.165) is 6.07 Å². The van der Waals surface area contributed by atoms with E-state index < -0.39 is 11.7 Å². The molecule has 2 saturated heterocycles. The molecule has 4 nitrogen and oxygen atoms in total. The van der Waals surface area contributed by atoms with Crippen LogP contribution in [-0.4, -0.2) is 50.2 Å². The zero-order valence-electron chi connectivity index (χ0n) is 13.8. The van der Waals surface area contributed by atoms with Crippen LogP contribution in [0, 0.1) is 0 Å². The number of amides is 1. The lowest BCUT2D eigenvalue weighted by Crippen LogP contribution is -2.40. The smallest absolute Gasteiger partial charge is 0.378 e. The number of carbonyl (C=O) groups excluding carboxylic acids is 1. The summed E-state index contributed by atoms with van der Waals surface area (Å²) in [7, 11) is 0. The van der Waals surface area contributed by atoms with E-state index in [9.17, 15) is 18.0 Å². The maximum Gasteiger partial charge on any atom is 0.416 e. The van der Waals surface area contributed by atoms with E-state index in [4.69, 9.17) is 4.74 Å². The van der Waals surface area contributed by atoms with Gasteiger partial charge in [0.05, 0.1) is 18.8 Å². The van der Waals surface area contributed by atoms with Gasteiger partial charge in [-0.15, -0.1) is 12.4 Å². The molecule has 8 heteroatoms. The van der Waals surface area contributed by atoms with Crippen molar-refractivity contribution in [2.45, 2.75) is 24.9 Å². The quantitative estimate of drug-likeness (QED) is 0.860. The maximum atomic E-state index is 13.4. The van der Waals surface area contributed by atoms with Crippen LogP contribution in [0.2, 0.25) is 0 Å². The van der Waals surface area contributed by atoms with Gasteiger partial charge in [0.25, 0.3) is 5.91 Å². The number of ether oxygens (including phenoxy) is 1. The molecule has 0 unspecified atom stereocenters. The summed E-state index contributed by atoms with van der Waals surface area (Å²) in [6.45, 7) is 3.28. The summed E-state index contributed by atoms with van der Waals surface area (Å²) in [5, 5.41) is 3.16. The lowest BCUT2D eigenvalue weighted by molar-refractivity contribution is -0.138. The fourth-order valence-corrected chi connectivity index (χ4v) is 3.37. The Labute approximate surface area is 151 Å². The first kappa shape index (κ1) is 20.0. The average Bonchev–Trinajstić information content (AvgIpc) is 2.61.